The average molecular weight is 204 g/mol. The van der Waals surface area contributed by atoms with Crippen molar-refractivity contribution in [2.75, 3.05) is 7.11 Å². The van der Waals surface area contributed by atoms with Crippen LogP contribution in [0.1, 0.15) is 48.0 Å². The van der Waals surface area contributed by atoms with Gasteiger partial charge in [0.15, 0.2) is 5.78 Å². The third kappa shape index (κ3) is 1.76. The first-order valence-electron chi connectivity index (χ1n) is 5.47. The molecular formula is C13H16O2. The van der Waals surface area contributed by atoms with Gasteiger partial charge in [-0.1, -0.05) is 13.3 Å². The zero-order valence-corrected chi connectivity index (χ0v) is 9.25. The van der Waals surface area contributed by atoms with Crippen LogP contribution in [-0.4, -0.2) is 12.9 Å². The first kappa shape index (κ1) is 10.2. The molecule has 1 aromatic rings. The Hall–Kier alpha value is -1.31. The largest absolute Gasteiger partial charge is 0.497 e. The number of carbonyl (C=O) groups excluding carboxylic acids is 1. The van der Waals surface area contributed by atoms with Gasteiger partial charge in [0.2, 0.25) is 0 Å². The molecular weight excluding hydrogens is 188 g/mol. The Labute approximate surface area is 90.3 Å². The molecule has 15 heavy (non-hydrogen) atoms. The number of Topliss-reactive ketones (excluding diaryl/α,β-unsaturated/α-hetero) is 1. The molecule has 2 heteroatoms. The van der Waals surface area contributed by atoms with E-state index >= 15 is 0 Å². The second kappa shape index (κ2) is 4.05. The summed E-state index contributed by atoms with van der Waals surface area (Å²) in [6.07, 6.45) is 2.89. The minimum atomic E-state index is 0.283. The van der Waals surface area contributed by atoms with E-state index < -0.39 is 0 Å². The number of methoxy groups -OCH3 is 1. The predicted molar refractivity (Wildman–Crippen MR) is 59.6 cm³/mol. The molecule has 0 saturated heterocycles. The van der Waals surface area contributed by atoms with Gasteiger partial charge in [-0.2, -0.15) is 0 Å². The second-order valence-corrected chi connectivity index (χ2v) is 4.07. The molecule has 1 unspecified atom stereocenters. The molecule has 1 atom stereocenters. The molecule has 80 valence electrons. The van der Waals surface area contributed by atoms with Crippen molar-refractivity contribution >= 4 is 5.78 Å². The van der Waals surface area contributed by atoms with E-state index in [-0.39, 0.29) is 5.78 Å². The predicted octanol–water partition coefficient (Wildman–Crippen LogP) is 3.17. The highest BCUT2D eigenvalue weighted by atomic mass is 16.5. The normalized spacial score (nSPS) is 19.1. The highest BCUT2D eigenvalue weighted by Crippen LogP contribution is 2.37. The quantitative estimate of drug-likeness (QED) is 0.756. The number of hydrogen-bond donors (Lipinski definition) is 0. The molecule has 1 aliphatic carbocycles. The fraction of sp³-hybridized carbons (Fsp3) is 0.462. The summed E-state index contributed by atoms with van der Waals surface area (Å²) in [4.78, 5) is 11.7. The summed E-state index contributed by atoms with van der Waals surface area (Å²) in [6, 6.07) is 5.78. The topological polar surface area (TPSA) is 26.3 Å². The van der Waals surface area contributed by atoms with E-state index in [1.54, 1.807) is 7.11 Å². The molecule has 0 fully saturated rings. The Balaban J connectivity index is 2.38. The Morgan fingerprint density at radius 1 is 1.47 bits per heavy atom. The van der Waals surface area contributed by atoms with E-state index in [4.69, 9.17) is 4.74 Å². The number of ketones is 1. The van der Waals surface area contributed by atoms with Gasteiger partial charge in [0, 0.05) is 12.0 Å². The second-order valence-electron chi connectivity index (χ2n) is 4.07. The third-order valence-electron chi connectivity index (χ3n) is 3.07. The molecule has 0 aromatic heterocycles. The van der Waals surface area contributed by atoms with E-state index in [9.17, 15) is 4.79 Å². The fourth-order valence-electron chi connectivity index (χ4n) is 2.31. The van der Waals surface area contributed by atoms with Gasteiger partial charge in [-0.05, 0) is 36.1 Å². The van der Waals surface area contributed by atoms with Crippen LogP contribution in [0.2, 0.25) is 0 Å². The van der Waals surface area contributed by atoms with Crippen molar-refractivity contribution < 1.29 is 9.53 Å². The Morgan fingerprint density at radius 2 is 2.27 bits per heavy atom. The van der Waals surface area contributed by atoms with E-state index in [2.05, 4.69) is 6.92 Å². The maximum absolute atomic E-state index is 11.7. The average Bonchev–Trinajstić information content (AvgIpc) is 2.56. The molecule has 0 radical (unpaired) electrons. The summed E-state index contributed by atoms with van der Waals surface area (Å²) in [6.45, 7) is 2.16. The van der Waals surface area contributed by atoms with Crippen molar-refractivity contribution in [1.29, 1.82) is 0 Å². The molecule has 0 heterocycles. The van der Waals surface area contributed by atoms with Gasteiger partial charge < -0.3 is 4.74 Å². The van der Waals surface area contributed by atoms with Gasteiger partial charge in [-0.3, -0.25) is 4.79 Å². The number of rotatable bonds is 3. The molecule has 2 rings (SSSR count). The first-order valence-corrected chi connectivity index (χ1v) is 5.47. The molecule has 1 aromatic carbocycles. The van der Waals surface area contributed by atoms with Crippen LogP contribution < -0.4 is 4.74 Å². The highest BCUT2D eigenvalue weighted by molar-refractivity contribution is 6.01. The standard InChI is InChI=1S/C13H16O2/c1-3-4-9-7-13(14)11-6-5-10(15-2)8-12(9)11/h5-6,8-9H,3-4,7H2,1-2H3. The summed E-state index contributed by atoms with van der Waals surface area (Å²) in [5.74, 6) is 1.54. The number of fused-ring (bicyclic) bond motifs is 1. The maximum Gasteiger partial charge on any atom is 0.163 e. The Morgan fingerprint density at radius 3 is 2.93 bits per heavy atom. The van der Waals surface area contributed by atoms with Crippen molar-refractivity contribution in [2.24, 2.45) is 0 Å². The number of ether oxygens (including phenoxy) is 1. The number of benzene rings is 1. The summed E-state index contributed by atoms with van der Waals surface area (Å²) in [7, 11) is 1.66. The van der Waals surface area contributed by atoms with Crippen LogP contribution >= 0.6 is 0 Å². The molecule has 1 aliphatic rings. The molecule has 2 nitrogen and oxygen atoms in total. The molecule has 0 amide bonds. The molecule has 0 saturated carbocycles. The van der Waals surface area contributed by atoms with Gasteiger partial charge in [0.25, 0.3) is 0 Å². The Kier molecular flexibility index (Phi) is 2.76. The van der Waals surface area contributed by atoms with Crippen LogP contribution in [0.5, 0.6) is 5.75 Å². The van der Waals surface area contributed by atoms with Crippen LogP contribution in [0.3, 0.4) is 0 Å². The molecule has 0 spiro atoms. The summed E-state index contributed by atoms with van der Waals surface area (Å²) < 4.78 is 5.19. The fourth-order valence-corrected chi connectivity index (χ4v) is 2.31. The lowest BCUT2D eigenvalue weighted by atomic mass is 9.96. The lowest BCUT2D eigenvalue weighted by molar-refractivity contribution is 0.0988. The summed E-state index contributed by atoms with van der Waals surface area (Å²) in [5, 5.41) is 0. The van der Waals surface area contributed by atoms with E-state index in [0.29, 0.717) is 12.3 Å². The number of hydrogen-bond acceptors (Lipinski definition) is 2. The minimum Gasteiger partial charge on any atom is -0.497 e. The van der Waals surface area contributed by atoms with Gasteiger partial charge in [0.1, 0.15) is 5.75 Å². The van der Waals surface area contributed by atoms with Gasteiger partial charge in [-0.15, -0.1) is 0 Å². The minimum absolute atomic E-state index is 0.283. The van der Waals surface area contributed by atoms with E-state index in [0.717, 1.165) is 24.2 Å². The van der Waals surface area contributed by atoms with Gasteiger partial charge in [-0.25, -0.2) is 0 Å². The van der Waals surface area contributed by atoms with Crippen molar-refractivity contribution in [3.05, 3.63) is 29.3 Å². The van der Waals surface area contributed by atoms with Crippen LogP contribution in [0.15, 0.2) is 18.2 Å². The first-order chi connectivity index (χ1) is 7.26. The molecule has 0 aliphatic heterocycles. The van der Waals surface area contributed by atoms with Gasteiger partial charge in [0.05, 0.1) is 7.11 Å². The van der Waals surface area contributed by atoms with Crippen molar-refractivity contribution in [3.63, 3.8) is 0 Å². The van der Waals surface area contributed by atoms with Crippen molar-refractivity contribution in [2.45, 2.75) is 32.1 Å². The Bertz CT molecular complexity index is 382. The van der Waals surface area contributed by atoms with Gasteiger partial charge >= 0.3 is 0 Å². The number of carbonyl (C=O) groups is 1. The maximum atomic E-state index is 11.7. The van der Waals surface area contributed by atoms with Crippen LogP contribution in [0.4, 0.5) is 0 Å². The summed E-state index contributed by atoms with van der Waals surface area (Å²) in [5.41, 5.74) is 2.08. The van der Waals surface area contributed by atoms with Crippen LogP contribution in [0, 0.1) is 0 Å². The molecule has 0 N–H and O–H groups in total. The van der Waals surface area contributed by atoms with E-state index in [1.165, 1.54) is 5.56 Å². The lowest BCUT2D eigenvalue weighted by Crippen LogP contribution is -1.93. The van der Waals surface area contributed by atoms with Crippen LogP contribution in [-0.2, 0) is 0 Å². The highest BCUT2D eigenvalue weighted by Gasteiger charge is 2.28. The van der Waals surface area contributed by atoms with Crippen molar-refractivity contribution in [3.8, 4) is 5.75 Å². The SMILES string of the molecule is CCCC1CC(=O)c2ccc(OC)cc21. The third-order valence-corrected chi connectivity index (χ3v) is 3.07. The zero-order chi connectivity index (χ0) is 10.8. The monoisotopic (exact) mass is 204 g/mol. The van der Waals surface area contributed by atoms with Crippen molar-refractivity contribution in [1.82, 2.24) is 0 Å². The van der Waals surface area contributed by atoms with E-state index in [1.807, 2.05) is 18.2 Å². The lowest BCUT2D eigenvalue weighted by Gasteiger charge is -2.09. The summed E-state index contributed by atoms with van der Waals surface area (Å²) >= 11 is 0. The smallest absolute Gasteiger partial charge is 0.163 e. The molecule has 0 bridgehead atoms. The van der Waals surface area contributed by atoms with Crippen LogP contribution in [0.25, 0.3) is 0 Å². The zero-order valence-electron chi connectivity index (χ0n) is 9.25.